The number of nitrogens with one attached hydrogen (secondary N) is 1. The van der Waals surface area contributed by atoms with Crippen LogP contribution < -0.4 is 15.8 Å². The van der Waals surface area contributed by atoms with Gasteiger partial charge in [-0.3, -0.25) is 4.99 Å². The first-order chi connectivity index (χ1) is 10.6. The molecule has 0 aliphatic heterocycles. The van der Waals surface area contributed by atoms with Crippen LogP contribution in [0.5, 0.6) is 5.75 Å². The molecule has 1 aromatic rings. The number of halogens is 2. The summed E-state index contributed by atoms with van der Waals surface area (Å²) in [6.45, 7) is 1.62. The van der Waals surface area contributed by atoms with Gasteiger partial charge in [0.05, 0.1) is 18.7 Å². The highest BCUT2D eigenvalue weighted by Crippen LogP contribution is 2.27. The quantitative estimate of drug-likeness (QED) is 0.393. The first kappa shape index (κ1) is 20.3. The van der Waals surface area contributed by atoms with Gasteiger partial charge in [-0.05, 0) is 38.1 Å². The minimum absolute atomic E-state index is 0. The summed E-state index contributed by atoms with van der Waals surface area (Å²) in [5.74, 6) is 1.04. The van der Waals surface area contributed by atoms with Crippen LogP contribution in [-0.2, 0) is 0 Å². The molecule has 0 unspecified atom stereocenters. The third kappa shape index (κ3) is 6.35. The van der Waals surface area contributed by atoms with Crippen LogP contribution in [0.15, 0.2) is 23.2 Å². The predicted octanol–water partition coefficient (Wildman–Crippen LogP) is 3.57. The lowest BCUT2D eigenvalue weighted by atomic mass is 10.2. The van der Waals surface area contributed by atoms with Gasteiger partial charge in [-0.1, -0.05) is 24.4 Å². The lowest BCUT2D eigenvalue weighted by molar-refractivity contribution is 0.252. The minimum atomic E-state index is 0. The van der Waals surface area contributed by atoms with E-state index in [9.17, 15) is 0 Å². The molecule has 130 valence electrons. The molecule has 0 bridgehead atoms. The standard InChI is InChI=1S/C16H25ClN4O.HI/c1-21(13-5-3-4-6-13)10-9-19-16(18)20-12-7-8-15(22-2)14(17)11-12;/h7-8,11,13H,3-6,9-10H2,1-2H3,(H3,18,19,20);1H. The van der Waals surface area contributed by atoms with Gasteiger partial charge in [-0.25, -0.2) is 0 Å². The number of nitrogens with two attached hydrogens (primary N) is 1. The summed E-state index contributed by atoms with van der Waals surface area (Å²) in [6, 6.07) is 6.14. The van der Waals surface area contributed by atoms with E-state index in [1.165, 1.54) is 25.7 Å². The fraction of sp³-hybridized carbons (Fsp3) is 0.562. The van der Waals surface area contributed by atoms with Crippen molar-refractivity contribution in [2.45, 2.75) is 31.7 Å². The van der Waals surface area contributed by atoms with Crippen LogP contribution in [0, 0.1) is 0 Å². The Morgan fingerprint density at radius 1 is 1.43 bits per heavy atom. The van der Waals surface area contributed by atoms with E-state index in [1.54, 1.807) is 19.2 Å². The Kier molecular flexibility index (Phi) is 9.01. The lowest BCUT2D eigenvalue weighted by Gasteiger charge is -2.22. The Morgan fingerprint density at radius 2 is 2.13 bits per heavy atom. The van der Waals surface area contributed by atoms with E-state index in [0.717, 1.165) is 12.2 Å². The molecule has 1 aliphatic rings. The molecule has 3 N–H and O–H groups in total. The zero-order valence-corrected chi connectivity index (χ0v) is 16.8. The molecule has 0 heterocycles. The van der Waals surface area contributed by atoms with Crippen LogP contribution in [-0.4, -0.2) is 44.1 Å². The largest absolute Gasteiger partial charge is 0.495 e. The molecule has 0 saturated heterocycles. The number of methoxy groups -OCH3 is 1. The van der Waals surface area contributed by atoms with E-state index in [0.29, 0.717) is 29.3 Å². The predicted molar refractivity (Wildman–Crippen MR) is 108 cm³/mol. The van der Waals surface area contributed by atoms with Gasteiger partial charge in [0.15, 0.2) is 5.96 Å². The van der Waals surface area contributed by atoms with E-state index in [4.69, 9.17) is 22.1 Å². The fourth-order valence-electron chi connectivity index (χ4n) is 2.79. The molecular weight excluding hydrogens is 427 g/mol. The van der Waals surface area contributed by atoms with Crippen molar-refractivity contribution >= 4 is 47.2 Å². The van der Waals surface area contributed by atoms with Crippen LogP contribution >= 0.6 is 35.6 Å². The first-order valence-corrected chi connectivity index (χ1v) is 8.08. The van der Waals surface area contributed by atoms with Gasteiger partial charge in [0.1, 0.15) is 5.75 Å². The number of aliphatic imine (C=N–C) groups is 1. The molecule has 5 nitrogen and oxygen atoms in total. The van der Waals surface area contributed by atoms with Crippen LogP contribution in [0.1, 0.15) is 25.7 Å². The molecule has 0 spiro atoms. The summed E-state index contributed by atoms with van der Waals surface area (Å²) in [5, 5.41) is 3.59. The van der Waals surface area contributed by atoms with Gasteiger partial charge in [0.2, 0.25) is 0 Å². The monoisotopic (exact) mass is 452 g/mol. The number of hydrogen-bond donors (Lipinski definition) is 2. The van der Waals surface area contributed by atoms with E-state index >= 15 is 0 Å². The molecule has 0 atom stereocenters. The van der Waals surface area contributed by atoms with Gasteiger partial charge in [-0.15, -0.1) is 24.0 Å². The summed E-state index contributed by atoms with van der Waals surface area (Å²) < 4.78 is 5.12. The van der Waals surface area contributed by atoms with E-state index in [2.05, 4.69) is 22.3 Å². The number of ether oxygens (including phenoxy) is 1. The molecule has 1 aromatic carbocycles. The van der Waals surface area contributed by atoms with Crippen molar-refractivity contribution in [3.8, 4) is 5.75 Å². The normalized spacial score (nSPS) is 15.6. The number of hydrogen-bond acceptors (Lipinski definition) is 3. The van der Waals surface area contributed by atoms with Crippen molar-refractivity contribution in [2.75, 3.05) is 32.6 Å². The zero-order valence-electron chi connectivity index (χ0n) is 13.7. The fourth-order valence-corrected chi connectivity index (χ4v) is 3.05. The number of benzene rings is 1. The van der Waals surface area contributed by atoms with Crippen LogP contribution in [0.25, 0.3) is 0 Å². The Bertz CT molecular complexity index is 521. The summed E-state index contributed by atoms with van der Waals surface area (Å²) in [5.41, 5.74) is 6.71. The topological polar surface area (TPSA) is 62.9 Å². The molecular formula is C16H26ClIN4O. The van der Waals surface area contributed by atoms with Gasteiger partial charge in [-0.2, -0.15) is 0 Å². The second-order valence-corrected chi connectivity index (χ2v) is 6.07. The highest BCUT2D eigenvalue weighted by atomic mass is 127. The molecule has 1 saturated carbocycles. The van der Waals surface area contributed by atoms with Crippen LogP contribution in [0.2, 0.25) is 5.02 Å². The third-order valence-corrected chi connectivity index (χ3v) is 4.40. The minimum Gasteiger partial charge on any atom is -0.495 e. The second-order valence-electron chi connectivity index (χ2n) is 5.66. The highest BCUT2D eigenvalue weighted by molar-refractivity contribution is 14.0. The van der Waals surface area contributed by atoms with Crippen molar-refractivity contribution in [2.24, 2.45) is 10.7 Å². The smallest absolute Gasteiger partial charge is 0.193 e. The molecule has 7 heteroatoms. The molecule has 0 radical (unpaired) electrons. The summed E-state index contributed by atoms with van der Waals surface area (Å²) >= 11 is 6.08. The van der Waals surface area contributed by atoms with E-state index in [1.807, 2.05) is 6.07 Å². The average Bonchev–Trinajstić information content (AvgIpc) is 3.01. The van der Waals surface area contributed by atoms with Crippen molar-refractivity contribution in [1.29, 1.82) is 0 Å². The second kappa shape index (κ2) is 10.2. The molecule has 23 heavy (non-hydrogen) atoms. The van der Waals surface area contributed by atoms with Crippen LogP contribution in [0.4, 0.5) is 5.69 Å². The van der Waals surface area contributed by atoms with Crippen LogP contribution in [0.3, 0.4) is 0 Å². The Morgan fingerprint density at radius 3 is 2.74 bits per heavy atom. The number of anilines is 1. The van der Waals surface area contributed by atoms with Crippen molar-refractivity contribution < 1.29 is 4.74 Å². The summed E-state index contributed by atoms with van der Waals surface area (Å²) in [7, 11) is 3.75. The zero-order chi connectivity index (χ0) is 15.9. The Hall–Kier alpha value is -0.730. The van der Waals surface area contributed by atoms with Gasteiger partial charge < -0.3 is 20.7 Å². The molecule has 1 aliphatic carbocycles. The molecule has 0 aromatic heterocycles. The summed E-state index contributed by atoms with van der Waals surface area (Å²) in [4.78, 5) is 6.75. The van der Waals surface area contributed by atoms with E-state index in [-0.39, 0.29) is 24.0 Å². The third-order valence-electron chi connectivity index (χ3n) is 4.11. The van der Waals surface area contributed by atoms with Gasteiger partial charge >= 0.3 is 0 Å². The lowest BCUT2D eigenvalue weighted by Crippen LogP contribution is -2.32. The number of rotatable bonds is 6. The maximum absolute atomic E-state index is 6.08. The SMILES string of the molecule is COc1ccc(NC(N)=NCCN(C)C2CCCC2)cc1Cl.I. The number of likely N-dealkylation sites (N-methyl/N-ethyl adjacent to an activating group) is 1. The maximum Gasteiger partial charge on any atom is 0.193 e. The average molecular weight is 453 g/mol. The maximum atomic E-state index is 6.08. The molecule has 0 amide bonds. The van der Waals surface area contributed by atoms with Crippen molar-refractivity contribution in [3.05, 3.63) is 23.2 Å². The molecule has 2 rings (SSSR count). The summed E-state index contributed by atoms with van der Waals surface area (Å²) in [6.07, 6.45) is 5.30. The first-order valence-electron chi connectivity index (χ1n) is 7.71. The van der Waals surface area contributed by atoms with Crippen molar-refractivity contribution in [3.63, 3.8) is 0 Å². The Balaban J connectivity index is 0.00000264. The highest BCUT2D eigenvalue weighted by Gasteiger charge is 2.18. The Labute approximate surface area is 160 Å². The van der Waals surface area contributed by atoms with Gasteiger partial charge in [0.25, 0.3) is 0 Å². The molecule has 1 fully saturated rings. The van der Waals surface area contributed by atoms with Crippen molar-refractivity contribution in [1.82, 2.24) is 4.90 Å². The number of nitrogens with zero attached hydrogens (tertiary/aromatic N) is 2. The number of guanidine groups is 1. The van der Waals surface area contributed by atoms with Gasteiger partial charge in [0, 0.05) is 18.3 Å². The van der Waals surface area contributed by atoms with E-state index < -0.39 is 0 Å².